The summed E-state index contributed by atoms with van der Waals surface area (Å²) in [5.74, 6) is -2.24. The summed E-state index contributed by atoms with van der Waals surface area (Å²) < 4.78 is 51.4. The van der Waals surface area contributed by atoms with Crippen molar-refractivity contribution in [3.8, 4) is 5.88 Å². The summed E-state index contributed by atoms with van der Waals surface area (Å²) in [6.45, 7) is 2.60. The number of aliphatic carboxylic acids is 1. The highest BCUT2D eigenvalue weighted by Crippen LogP contribution is 2.14. The van der Waals surface area contributed by atoms with Crippen molar-refractivity contribution in [3.05, 3.63) is 12.3 Å². The molecule has 0 aliphatic carbocycles. The van der Waals surface area contributed by atoms with Gasteiger partial charge in [0.05, 0.1) is 5.75 Å². The lowest BCUT2D eigenvalue weighted by Crippen LogP contribution is -2.30. The lowest BCUT2D eigenvalue weighted by Gasteiger charge is -2.07. The SMILES string of the molecule is CCCS(=O)(=O)n1ccc(OS(=O)(=O)C(C)C(=O)O)n1. The van der Waals surface area contributed by atoms with E-state index >= 15 is 0 Å². The molecule has 0 aliphatic heterocycles. The molecule has 0 aliphatic rings. The van der Waals surface area contributed by atoms with Crippen LogP contribution in [0.4, 0.5) is 0 Å². The second kappa shape index (κ2) is 5.79. The first-order chi connectivity index (χ1) is 9.10. The summed E-state index contributed by atoms with van der Waals surface area (Å²) in [6, 6.07) is 1.03. The molecule has 114 valence electrons. The largest absolute Gasteiger partial charge is 0.480 e. The Morgan fingerprint density at radius 2 is 2.05 bits per heavy atom. The fourth-order valence-corrected chi connectivity index (χ4v) is 3.03. The van der Waals surface area contributed by atoms with Crippen LogP contribution in [0.25, 0.3) is 0 Å². The van der Waals surface area contributed by atoms with E-state index in [4.69, 9.17) is 5.11 Å². The monoisotopic (exact) mass is 326 g/mol. The fraction of sp³-hybridized carbons (Fsp3) is 0.556. The highest BCUT2D eigenvalue weighted by molar-refractivity contribution is 7.89. The van der Waals surface area contributed by atoms with Crippen molar-refractivity contribution in [2.24, 2.45) is 0 Å². The Balaban J connectivity index is 2.98. The zero-order valence-corrected chi connectivity index (χ0v) is 12.4. The summed E-state index contributed by atoms with van der Waals surface area (Å²) in [4.78, 5) is 10.6. The van der Waals surface area contributed by atoms with Gasteiger partial charge in [0, 0.05) is 12.3 Å². The van der Waals surface area contributed by atoms with Crippen LogP contribution in [-0.2, 0) is 24.9 Å². The Bertz CT molecular complexity index is 690. The molecule has 0 saturated heterocycles. The summed E-state index contributed by atoms with van der Waals surface area (Å²) >= 11 is 0. The normalized spacial score (nSPS) is 13.9. The molecule has 1 N–H and O–H groups in total. The Labute approximate surface area is 116 Å². The molecule has 9 nitrogen and oxygen atoms in total. The topological polar surface area (TPSA) is 133 Å². The number of rotatable bonds is 7. The molecule has 1 aromatic rings. The Hall–Kier alpha value is -1.62. The highest BCUT2D eigenvalue weighted by atomic mass is 32.2. The van der Waals surface area contributed by atoms with Gasteiger partial charge in [-0.15, -0.1) is 5.10 Å². The highest BCUT2D eigenvalue weighted by Gasteiger charge is 2.30. The van der Waals surface area contributed by atoms with Crippen LogP contribution in [-0.4, -0.2) is 48.1 Å². The number of carboxylic acid groups (broad SMARTS) is 1. The summed E-state index contributed by atoms with van der Waals surface area (Å²) in [5.41, 5.74) is 0. The van der Waals surface area contributed by atoms with E-state index in [-0.39, 0.29) is 5.75 Å². The minimum absolute atomic E-state index is 0.160. The van der Waals surface area contributed by atoms with E-state index in [1.54, 1.807) is 6.92 Å². The molecule has 0 radical (unpaired) electrons. The van der Waals surface area contributed by atoms with E-state index in [1.807, 2.05) is 0 Å². The van der Waals surface area contributed by atoms with E-state index < -0.39 is 37.2 Å². The minimum atomic E-state index is -4.43. The predicted octanol–water partition coefficient (Wildman–Crippen LogP) is -0.347. The maximum Gasteiger partial charge on any atom is 0.325 e. The van der Waals surface area contributed by atoms with Crippen molar-refractivity contribution in [2.45, 2.75) is 25.5 Å². The van der Waals surface area contributed by atoms with Crippen molar-refractivity contribution in [1.29, 1.82) is 0 Å². The molecule has 1 atom stereocenters. The van der Waals surface area contributed by atoms with Gasteiger partial charge in [-0.2, -0.15) is 12.5 Å². The van der Waals surface area contributed by atoms with Crippen LogP contribution < -0.4 is 4.18 Å². The van der Waals surface area contributed by atoms with Gasteiger partial charge in [0.15, 0.2) is 5.25 Å². The Kier molecular flexibility index (Phi) is 4.76. The summed E-state index contributed by atoms with van der Waals surface area (Å²) in [5, 5.41) is 10.3. The van der Waals surface area contributed by atoms with E-state index in [9.17, 15) is 21.6 Å². The summed E-state index contributed by atoms with van der Waals surface area (Å²) in [6.07, 6.45) is 1.40. The molecule has 0 amide bonds. The average molecular weight is 326 g/mol. The summed E-state index contributed by atoms with van der Waals surface area (Å²) in [7, 11) is -8.09. The number of nitrogens with zero attached hydrogens (tertiary/aromatic N) is 2. The smallest absolute Gasteiger partial charge is 0.325 e. The van der Waals surface area contributed by atoms with E-state index in [0.29, 0.717) is 10.5 Å². The molecule has 0 spiro atoms. The standard InChI is InChI=1S/C9H14N2O7S2/c1-3-6-19(14,15)11-5-4-8(10-11)18-20(16,17)7(2)9(12)13/h4-5,7H,3,6H2,1-2H3,(H,12,13). The van der Waals surface area contributed by atoms with Crippen LogP contribution in [0.3, 0.4) is 0 Å². The van der Waals surface area contributed by atoms with Crippen molar-refractivity contribution < 1.29 is 30.9 Å². The quantitative estimate of drug-likeness (QED) is 0.672. The lowest BCUT2D eigenvalue weighted by molar-refractivity contribution is -0.136. The molecule has 0 fully saturated rings. The number of carboxylic acids is 1. The van der Waals surface area contributed by atoms with Crippen LogP contribution in [0.2, 0.25) is 0 Å². The van der Waals surface area contributed by atoms with Crippen molar-refractivity contribution >= 4 is 26.1 Å². The molecule has 0 saturated carbocycles. The van der Waals surface area contributed by atoms with Crippen LogP contribution >= 0.6 is 0 Å². The van der Waals surface area contributed by atoms with E-state index in [1.165, 1.54) is 0 Å². The zero-order chi connectivity index (χ0) is 15.6. The van der Waals surface area contributed by atoms with Crippen molar-refractivity contribution in [2.75, 3.05) is 5.75 Å². The van der Waals surface area contributed by atoms with Crippen molar-refractivity contribution in [1.82, 2.24) is 9.19 Å². The zero-order valence-electron chi connectivity index (χ0n) is 10.8. The fourth-order valence-electron chi connectivity index (χ4n) is 1.16. The van der Waals surface area contributed by atoms with Gasteiger partial charge in [-0.25, -0.2) is 8.42 Å². The predicted molar refractivity (Wildman–Crippen MR) is 68.3 cm³/mol. The van der Waals surface area contributed by atoms with Gasteiger partial charge in [0.25, 0.3) is 15.9 Å². The molecule has 0 bridgehead atoms. The van der Waals surface area contributed by atoms with Gasteiger partial charge in [-0.1, -0.05) is 6.92 Å². The molecule has 1 unspecified atom stereocenters. The van der Waals surface area contributed by atoms with Crippen LogP contribution in [0, 0.1) is 0 Å². The van der Waals surface area contributed by atoms with Crippen LogP contribution in [0.15, 0.2) is 12.3 Å². The first-order valence-corrected chi connectivity index (χ1v) is 8.63. The number of carbonyl (C=O) groups is 1. The van der Waals surface area contributed by atoms with Crippen molar-refractivity contribution in [3.63, 3.8) is 0 Å². The first-order valence-electron chi connectivity index (χ1n) is 5.55. The van der Waals surface area contributed by atoms with E-state index in [0.717, 1.165) is 19.2 Å². The van der Waals surface area contributed by atoms with Gasteiger partial charge in [0.2, 0.25) is 0 Å². The van der Waals surface area contributed by atoms with Crippen LogP contribution in [0.1, 0.15) is 20.3 Å². The van der Waals surface area contributed by atoms with Gasteiger partial charge < -0.3 is 9.29 Å². The molecular weight excluding hydrogens is 312 g/mol. The van der Waals surface area contributed by atoms with Gasteiger partial charge in [-0.3, -0.25) is 4.79 Å². The van der Waals surface area contributed by atoms with Gasteiger partial charge in [0.1, 0.15) is 0 Å². The van der Waals surface area contributed by atoms with Gasteiger partial charge in [-0.05, 0) is 13.3 Å². The first kappa shape index (κ1) is 16.4. The molecule has 11 heteroatoms. The lowest BCUT2D eigenvalue weighted by atomic mass is 10.5. The third kappa shape index (κ3) is 3.70. The van der Waals surface area contributed by atoms with Crippen LogP contribution in [0.5, 0.6) is 5.88 Å². The third-order valence-corrected chi connectivity index (χ3v) is 5.44. The molecule has 1 rings (SSSR count). The third-order valence-electron chi connectivity index (χ3n) is 2.27. The molecule has 0 aromatic carbocycles. The average Bonchev–Trinajstić information content (AvgIpc) is 2.76. The van der Waals surface area contributed by atoms with E-state index in [2.05, 4.69) is 9.28 Å². The molecule has 20 heavy (non-hydrogen) atoms. The molecular formula is C9H14N2O7S2. The second-order valence-electron chi connectivity index (χ2n) is 3.90. The minimum Gasteiger partial charge on any atom is -0.480 e. The maximum atomic E-state index is 11.7. The maximum absolute atomic E-state index is 11.7. The number of hydrogen-bond acceptors (Lipinski definition) is 7. The number of aromatic nitrogens is 2. The number of hydrogen-bond donors (Lipinski definition) is 1. The second-order valence-corrected chi connectivity index (χ2v) is 7.70. The molecule has 1 heterocycles. The molecule has 1 aromatic heterocycles. The Morgan fingerprint density at radius 3 is 2.55 bits per heavy atom. The van der Waals surface area contributed by atoms with Gasteiger partial charge >= 0.3 is 16.1 Å². The Morgan fingerprint density at radius 1 is 1.45 bits per heavy atom.